The summed E-state index contributed by atoms with van der Waals surface area (Å²) in [4.78, 5) is 4.08. The molecule has 0 bridgehead atoms. The van der Waals surface area contributed by atoms with Crippen molar-refractivity contribution in [3.8, 4) is 0 Å². The Morgan fingerprint density at radius 3 is 2.95 bits per heavy atom. The summed E-state index contributed by atoms with van der Waals surface area (Å²) in [5.41, 5.74) is 0. The van der Waals surface area contributed by atoms with Crippen LogP contribution in [0.15, 0.2) is 26.2 Å². The van der Waals surface area contributed by atoms with E-state index in [1.54, 1.807) is 24.4 Å². The van der Waals surface area contributed by atoms with Crippen LogP contribution in [-0.4, -0.2) is 40.6 Å². The van der Waals surface area contributed by atoms with Crippen LogP contribution >= 0.6 is 11.3 Å². The first-order valence-corrected chi connectivity index (χ1v) is 8.34. The molecule has 20 heavy (non-hydrogen) atoms. The van der Waals surface area contributed by atoms with Crippen LogP contribution in [0.2, 0.25) is 0 Å². The number of aliphatic hydroxyl groups excluding tert-OH is 1. The van der Waals surface area contributed by atoms with E-state index in [1.165, 1.54) is 4.31 Å². The van der Waals surface area contributed by atoms with Crippen LogP contribution in [0, 0.1) is 6.92 Å². The molecule has 9 heteroatoms. The third-order valence-electron chi connectivity index (χ3n) is 3.12. The summed E-state index contributed by atoms with van der Waals surface area (Å²) in [5, 5.41) is 15.2. The number of thiophene rings is 1. The Morgan fingerprint density at radius 2 is 2.35 bits per heavy atom. The Kier molecular flexibility index (Phi) is 3.36. The largest absolute Gasteiger partial charge is 0.392 e. The van der Waals surface area contributed by atoms with Gasteiger partial charge in [-0.3, -0.25) is 0 Å². The minimum atomic E-state index is -3.65. The Morgan fingerprint density at radius 1 is 1.55 bits per heavy atom. The molecule has 1 aliphatic heterocycles. The summed E-state index contributed by atoms with van der Waals surface area (Å²) in [6.45, 7) is 1.70. The van der Waals surface area contributed by atoms with Crippen LogP contribution < -0.4 is 0 Å². The Bertz CT molecular complexity index is 695. The highest BCUT2D eigenvalue weighted by Gasteiger charge is 2.43. The van der Waals surface area contributed by atoms with Gasteiger partial charge in [0.05, 0.1) is 6.10 Å². The van der Waals surface area contributed by atoms with Crippen molar-refractivity contribution in [1.82, 2.24) is 14.4 Å². The molecule has 3 rings (SSSR count). The van der Waals surface area contributed by atoms with Gasteiger partial charge < -0.3 is 9.63 Å². The van der Waals surface area contributed by atoms with Crippen LogP contribution in [0.1, 0.15) is 24.2 Å². The fourth-order valence-corrected chi connectivity index (χ4v) is 5.00. The molecule has 108 valence electrons. The predicted molar refractivity (Wildman–Crippen MR) is 70.6 cm³/mol. The molecule has 0 amide bonds. The van der Waals surface area contributed by atoms with Gasteiger partial charge in [-0.25, -0.2) is 8.42 Å². The zero-order valence-electron chi connectivity index (χ0n) is 10.6. The topological polar surface area (TPSA) is 96.5 Å². The van der Waals surface area contributed by atoms with E-state index >= 15 is 0 Å². The maximum atomic E-state index is 12.6. The quantitative estimate of drug-likeness (QED) is 0.905. The van der Waals surface area contributed by atoms with Crippen LogP contribution in [0.4, 0.5) is 0 Å². The highest BCUT2D eigenvalue weighted by Crippen LogP contribution is 2.36. The normalized spacial score (nSPS) is 24.3. The lowest BCUT2D eigenvalue weighted by Gasteiger charge is -2.19. The molecule has 1 saturated heterocycles. The average molecular weight is 315 g/mol. The van der Waals surface area contributed by atoms with E-state index in [2.05, 4.69) is 10.1 Å². The summed E-state index contributed by atoms with van der Waals surface area (Å²) in [6, 6.07) is 2.61. The van der Waals surface area contributed by atoms with Crippen LogP contribution in [-0.2, 0) is 10.0 Å². The molecule has 2 aromatic rings. The van der Waals surface area contributed by atoms with Crippen molar-refractivity contribution < 1.29 is 18.0 Å². The molecule has 1 aliphatic rings. The van der Waals surface area contributed by atoms with E-state index in [4.69, 9.17) is 4.52 Å². The molecule has 0 saturated carbocycles. The second-order valence-electron chi connectivity index (χ2n) is 4.59. The number of β-amino-alcohol motifs (C(OH)–C–C–N with tert-alkyl or cyclic N) is 1. The van der Waals surface area contributed by atoms with Gasteiger partial charge in [-0.1, -0.05) is 11.2 Å². The number of aliphatic hydroxyl groups is 1. The SMILES string of the molecule is Cc1noc([C@H]2C[C@H](O)CN2S(=O)(=O)c2cccs2)n1. The number of hydrogen-bond acceptors (Lipinski definition) is 7. The highest BCUT2D eigenvalue weighted by molar-refractivity contribution is 7.91. The lowest BCUT2D eigenvalue weighted by molar-refractivity contribution is 0.188. The van der Waals surface area contributed by atoms with Gasteiger partial charge in [-0.15, -0.1) is 11.3 Å². The number of nitrogens with zero attached hydrogens (tertiary/aromatic N) is 3. The molecule has 2 atom stereocenters. The summed E-state index contributed by atoms with van der Waals surface area (Å²) >= 11 is 1.14. The monoisotopic (exact) mass is 315 g/mol. The molecule has 3 heterocycles. The van der Waals surface area contributed by atoms with E-state index in [-0.39, 0.29) is 23.1 Å². The summed E-state index contributed by atoms with van der Waals surface area (Å²) in [6.07, 6.45) is -0.478. The maximum absolute atomic E-state index is 12.6. The molecular formula is C11H13N3O4S2. The van der Waals surface area contributed by atoms with Crippen molar-refractivity contribution in [3.05, 3.63) is 29.2 Å². The van der Waals surface area contributed by atoms with Gasteiger partial charge >= 0.3 is 0 Å². The first-order chi connectivity index (χ1) is 9.48. The van der Waals surface area contributed by atoms with E-state index in [1.807, 2.05) is 0 Å². The van der Waals surface area contributed by atoms with Crippen molar-refractivity contribution in [2.45, 2.75) is 29.7 Å². The van der Waals surface area contributed by atoms with Crippen LogP contribution in [0.5, 0.6) is 0 Å². The van der Waals surface area contributed by atoms with Gasteiger partial charge in [0.15, 0.2) is 5.82 Å². The van der Waals surface area contributed by atoms with Gasteiger partial charge in [-0.2, -0.15) is 9.29 Å². The van der Waals surface area contributed by atoms with E-state index < -0.39 is 22.2 Å². The predicted octanol–water partition coefficient (Wildman–Crippen LogP) is 0.936. The molecule has 2 aromatic heterocycles. The summed E-state index contributed by atoms with van der Waals surface area (Å²) < 4.78 is 31.7. The third kappa shape index (κ3) is 2.26. The summed E-state index contributed by atoms with van der Waals surface area (Å²) in [7, 11) is -3.65. The number of rotatable bonds is 3. The molecule has 0 radical (unpaired) electrons. The average Bonchev–Trinajstić information content (AvgIpc) is 3.07. The standard InChI is InChI=1S/C11H13N3O4S2/c1-7-12-11(18-13-7)9-5-8(15)6-14(9)20(16,17)10-3-2-4-19-10/h2-4,8-9,15H,5-6H2,1H3/t8-,9+/m0/s1. The number of hydrogen-bond donors (Lipinski definition) is 1. The molecular weight excluding hydrogens is 302 g/mol. The lowest BCUT2D eigenvalue weighted by atomic mass is 10.2. The van der Waals surface area contributed by atoms with Crippen LogP contribution in [0.3, 0.4) is 0 Å². The minimum Gasteiger partial charge on any atom is -0.392 e. The van der Waals surface area contributed by atoms with Crippen molar-refractivity contribution >= 4 is 21.4 Å². The molecule has 7 nitrogen and oxygen atoms in total. The van der Waals surface area contributed by atoms with Gasteiger partial charge in [0.1, 0.15) is 10.3 Å². The second-order valence-corrected chi connectivity index (χ2v) is 7.66. The van der Waals surface area contributed by atoms with Gasteiger partial charge in [0.25, 0.3) is 10.0 Å². The minimum absolute atomic E-state index is 0.0341. The molecule has 0 aromatic carbocycles. The van der Waals surface area contributed by atoms with Crippen molar-refractivity contribution in [2.24, 2.45) is 0 Å². The highest BCUT2D eigenvalue weighted by atomic mass is 32.2. The Balaban J connectivity index is 1.99. The summed E-state index contributed by atoms with van der Waals surface area (Å²) in [5.74, 6) is 0.661. The van der Waals surface area contributed by atoms with Gasteiger partial charge in [0, 0.05) is 13.0 Å². The van der Waals surface area contributed by atoms with Gasteiger partial charge in [0.2, 0.25) is 5.89 Å². The van der Waals surface area contributed by atoms with E-state index in [0.29, 0.717) is 5.82 Å². The van der Waals surface area contributed by atoms with Crippen LogP contribution in [0.25, 0.3) is 0 Å². The fourth-order valence-electron chi connectivity index (χ4n) is 2.25. The molecule has 1 N–H and O–H groups in total. The van der Waals surface area contributed by atoms with Crippen molar-refractivity contribution in [3.63, 3.8) is 0 Å². The zero-order valence-corrected chi connectivity index (χ0v) is 12.3. The first kappa shape index (κ1) is 13.7. The molecule has 0 aliphatic carbocycles. The molecule has 0 unspecified atom stereocenters. The maximum Gasteiger partial charge on any atom is 0.253 e. The van der Waals surface area contributed by atoms with Gasteiger partial charge in [-0.05, 0) is 18.4 Å². The zero-order chi connectivity index (χ0) is 14.3. The first-order valence-electron chi connectivity index (χ1n) is 6.02. The number of aryl methyl sites for hydroxylation is 1. The Labute approximate surface area is 119 Å². The third-order valence-corrected chi connectivity index (χ3v) is 6.37. The second kappa shape index (κ2) is 4.92. The fraction of sp³-hybridized carbons (Fsp3) is 0.455. The lowest BCUT2D eigenvalue weighted by Crippen LogP contribution is -2.31. The number of sulfonamides is 1. The van der Waals surface area contributed by atoms with E-state index in [0.717, 1.165) is 11.3 Å². The molecule has 0 spiro atoms. The van der Waals surface area contributed by atoms with Crippen molar-refractivity contribution in [2.75, 3.05) is 6.54 Å². The van der Waals surface area contributed by atoms with Crippen molar-refractivity contribution in [1.29, 1.82) is 0 Å². The number of aromatic nitrogens is 2. The Hall–Kier alpha value is -1.29. The molecule has 1 fully saturated rings. The smallest absolute Gasteiger partial charge is 0.253 e. The van der Waals surface area contributed by atoms with E-state index in [9.17, 15) is 13.5 Å².